The van der Waals surface area contributed by atoms with Crippen LogP contribution in [0.4, 0.5) is 0 Å². The van der Waals surface area contributed by atoms with Gasteiger partial charge in [-0.25, -0.2) is 9.13 Å². The number of phosphoric acid groups is 2. The molecule has 0 radical (unpaired) electrons. The lowest BCUT2D eigenvalue weighted by Crippen LogP contribution is -2.01. The zero-order valence-electron chi connectivity index (χ0n) is 7.69. The van der Waals surface area contributed by atoms with Crippen LogP contribution in [0.3, 0.4) is 0 Å². The third-order valence-corrected chi connectivity index (χ3v) is 3.87. The van der Waals surface area contributed by atoms with Gasteiger partial charge >= 0.3 is 41.5 Å². The van der Waals surface area contributed by atoms with Crippen LogP contribution in [0.5, 0.6) is 0 Å². The first kappa shape index (κ1) is 15.3. The van der Waals surface area contributed by atoms with E-state index in [0.717, 1.165) is 0 Å². The molecule has 0 heterocycles. The molecule has 0 atom stereocenters. The Labute approximate surface area is 93.1 Å². The second kappa shape index (κ2) is 6.79. The van der Waals surface area contributed by atoms with Crippen LogP contribution in [0, 0.1) is 0 Å². The molecule has 0 aliphatic carbocycles. The van der Waals surface area contributed by atoms with E-state index < -0.39 is 41.5 Å². The molecule has 0 aliphatic heterocycles. The molecule has 17 heavy (non-hydrogen) atoms. The first-order chi connectivity index (χ1) is 7.95. The minimum atomic E-state index is -4.97. The van der Waals surface area contributed by atoms with E-state index in [1.165, 1.54) is 0 Å². The van der Waals surface area contributed by atoms with Crippen molar-refractivity contribution in [3.8, 4) is 0 Å². The molecular formula is C4H4O11P2. The molecule has 0 saturated heterocycles. The SMILES string of the molecule is O=COP(=O)(OC=O)OP(=O)(OC=O)OC=O. The Morgan fingerprint density at radius 2 is 0.824 bits per heavy atom. The van der Waals surface area contributed by atoms with Crippen LogP contribution in [0.1, 0.15) is 0 Å². The molecule has 0 unspecified atom stereocenters. The Hall–Kier alpha value is -1.70. The summed E-state index contributed by atoms with van der Waals surface area (Å²) in [4.78, 5) is 39.7. The van der Waals surface area contributed by atoms with Gasteiger partial charge in [0, 0.05) is 0 Å². The molecule has 13 heteroatoms. The minimum Gasteiger partial charge on any atom is -0.364 e. The van der Waals surface area contributed by atoms with Gasteiger partial charge in [-0.3, -0.25) is 19.2 Å². The molecule has 0 aromatic rings. The summed E-state index contributed by atoms with van der Waals surface area (Å²) < 4.78 is 41.2. The number of phosphoric ester groups is 2. The molecule has 0 aromatic heterocycles. The van der Waals surface area contributed by atoms with Crippen molar-refractivity contribution in [1.82, 2.24) is 0 Å². The van der Waals surface area contributed by atoms with Gasteiger partial charge in [-0.1, -0.05) is 0 Å². The predicted octanol–water partition coefficient (Wildman–Crippen LogP) is -0.0888. The zero-order chi connectivity index (χ0) is 13.4. The summed E-state index contributed by atoms with van der Waals surface area (Å²) in [6, 6.07) is 0. The summed E-state index contributed by atoms with van der Waals surface area (Å²) in [5.74, 6) is 0. The molecule has 96 valence electrons. The predicted molar refractivity (Wildman–Crippen MR) is 44.9 cm³/mol. The number of hydrogen-bond acceptors (Lipinski definition) is 11. The minimum absolute atomic E-state index is 0.462. The van der Waals surface area contributed by atoms with E-state index in [-0.39, 0.29) is 0 Å². The van der Waals surface area contributed by atoms with Crippen LogP contribution >= 0.6 is 15.6 Å². The zero-order valence-corrected chi connectivity index (χ0v) is 9.48. The highest BCUT2D eigenvalue weighted by Gasteiger charge is 2.45. The molecule has 0 amide bonds. The average Bonchev–Trinajstić information content (AvgIpc) is 2.17. The van der Waals surface area contributed by atoms with Crippen LogP contribution < -0.4 is 0 Å². The van der Waals surface area contributed by atoms with Gasteiger partial charge in [0.05, 0.1) is 0 Å². The van der Waals surface area contributed by atoms with E-state index in [0.29, 0.717) is 0 Å². The summed E-state index contributed by atoms with van der Waals surface area (Å²) >= 11 is 0. The van der Waals surface area contributed by atoms with Crippen molar-refractivity contribution in [2.24, 2.45) is 0 Å². The topological polar surface area (TPSA) is 149 Å². The van der Waals surface area contributed by atoms with Crippen LogP contribution in [-0.4, -0.2) is 25.9 Å². The summed E-state index contributed by atoms with van der Waals surface area (Å²) in [5, 5.41) is 0. The first-order valence-corrected chi connectivity index (χ1v) is 6.27. The lowest BCUT2D eigenvalue weighted by molar-refractivity contribution is -0.125. The van der Waals surface area contributed by atoms with E-state index in [9.17, 15) is 28.3 Å². The Kier molecular flexibility index (Phi) is 6.11. The smallest absolute Gasteiger partial charge is 0.364 e. The van der Waals surface area contributed by atoms with Gasteiger partial charge in [0.25, 0.3) is 0 Å². The van der Waals surface area contributed by atoms with Gasteiger partial charge in [-0.15, -0.1) is 4.31 Å². The highest BCUT2D eigenvalue weighted by molar-refractivity contribution is 7.63. The van der Waals surface area contributed by atoms with Crippen LogP contribution in [0.25, 0.3) is 0 Å². The molecule has 0 N–H and O–H groups in total. The molecule has 0 fully saturated rings. The fourth-order valence-electron chi connectivity index (χ4n) is 0.460. The van der Waals surface area contributed by atoms with E-state index in [2.05, 4.69) is 22.4 Å². The number of carbonyl (C=O) groups excluding carboxylic acids is 4. The van der Waals surface area contributed by atoms with Gasteiger partial charge in [-0.05, 0) is 0 Å². The molecule has 0 spiro atoms. The van der Waals surface area contributed by atoms with Crippen molar-refractivity contribution < 1.29 is 50.7 Å². The van der Waals surface area contributed by atoms with Gasteiger partial charge in [-0.2, -0.15) is 0 Å². The van der Waals surface area contributed by atoms with Crippen LogP contribution in [0.2, 0.25) is 0 Å². The fraction of sp³-hybridized carbons (Fsp3) is 0. The maximum atomic E-state index is 11.3. The third-order valence-electron chi connectivity index (χ3n) is 0.889. The van der Waals surface area contributed by atoms with Gasteiger partial charge < -0.3 is 18.1 Å². The first-order valence-electron chi connectivity index (χ1n) is 3.35. The van der Waals surface area contributed by atoms with Crippen molar-refractivity contribution in [2.75, 3.05) is 0 Å². The molecule has 0 saturated carbocycles. The van der Waals surface area contributed by atoms with Crippen LogP contribution in [0.15, 0.2) is 0 Å². The Bertz CT molecular complexity index is 323. The number of rotatable bonds is 10. The standard InChI is InChI=1S/C4H4O11P2/c5-1-11-16(9,12-2-6)15-17(10,13-3-7)14-4-8/h1-4H. The highest BCUT2D eigenvalue weighted by Crippen LogP contribution is 2.64. The fourth-order valence-corrected chi connectivity index (χ4v) is 2.58. The van der Waals surface area contributed by atoms with Crippen molar-refractivity contribution >= 4 is 41.5 Å². The van der Waals surface area contributed by atoms with E-state index >= 15 is 0 Å². The van der Waals surface area contributed by atoms with Crippen molar-refractivity contribution in [2.45, 2.75) is 0 Å². The summed E-state index contributed by atoms with van der Waals surface area (Å²) in [6.07, 6.45) is 0. The van der Waals surface area contributed by atoms with Crippen molar-refractivity contribution in [3.05, 3.63) is 0 Å². The third kappa shape index (κ3) is 5.25. The molecule has 0 aliphatic rings. The highest BCUT2D eigenvalue weighted by atomic mass is 31.3. The van der Waals surface area contributed by atoms with Gasteiger partial charge in [0.15, 0.2) is 0 Å². The number of hydrogen-bond donors (Lipinski definition) is 0. The Balaban J connectivity index is 5.03. The second-order valence-electron chi connectivity index (χ2n) is 1.78. The Morgan fingerprint density at radius 3 is 1.00 bits per heavy atom. The van der Waals surface area contributed by atoms with Gasteiger partial charge in [0.1, 0.15) is 0 Å². The van der Waals surface area contributed by atoms with Crippen molar-refractivity contribution in [3.63, 3.8) is 0 Å². The van der Waals surface area contributed by atoms with E-state index in [1.54, 1.807) is 0 Å². The maximum absolute atomic E-state index is 11.3. The molecule has 0 bridgehead atoms. The molecule has 0 rings (SSSR count). The quantitative estimate of drug-likeness (QED) is 0.392. The van der Waals surface area contributed by atoms with E-state index in [4.69, 9.17) is 0 Å². The average molecular weight is 290 g/mol. The number of carbonyl (C=O) groups is 4. The normalized spacial score (nSPS) is 10.8. The Morgan fingerprint density at radius 1 is 0.588 bits per heavy atom. The summed E-state index contributed by atoms with van der Waals surface area (Å²) in [5.41, 5.74) is 0. The lowest BCUT2D eigenvalue weighted by Gasteiger charge is -2.15. The lowest BCUT2D eigenvalue weighted by atomic mass is 11.7. The largest absolute Gasteiger partial charge is 0.602 e. The summed E-state index contributed by atoms with van der Waals surface area (Å²) in [7, 11) is -9.93. The second-order valence-corrected chi connectivity index (χ2v) is 5.07. The summed E-state index contributed by atoms with van der Waals surface area (Å²) in [6.45, 7) is -1.85. The van der Waals surface area contributed by atoms with Crippen molar-refractivity contribution in [1.29, 1.82) is 0 Å². The van der Waals surface area contributed by atoms with Gasteiger partial charge in [0.2, 0.25) is 0 Å². The molecular weight excluding hydrogens is 286 g/mol. The molecule has 0 aromatic carbocycles. The molecule has 11 nitrogen and oxygen atoms in total. The maximum Gasteiger partial charge on any atom is 0.602 e. The van der Waals surface area contributed by atoms with E-state index in [1.807, 2.05) is 0 Å². The van der Waals surface area contributed by atoms with Crippen LogP contribution in [-0.2, 0) is 50.7 Å². The monoisotopic (exact) mass is 290 g/mol.